The second-order valence-corrected chi connectivity index (χ2v) is 7.82. The van der Waals surface area contributed by atoms with Gasteiger partial charge in [-0.2, -0.15) is 0 Å². The zero-order valence-electron chi connectivity index (χ0n) is 16.2. The van der Waals surface area contributed by atoms with Crippen LogP contribution in [0.15, 0.2) is 42.5 Å². The van der Waals surface area contributed by atoms with Crippen molar-refractivity contribution in [1.29, 1.82) is 0 Å². The van der Waals surface area contributed by atoms with Crippen molar-refractivity contribution in [3.05, 3.63) is 53.6 Å². The number of para-hydroxylation sites is 1. The van der Waals surface area contributed by atoms with E-state index >= 15 is 0 Å². The Labute approximate surface area is 165 Å². The molecule has 0 bridgehead atoms. The van der Waals surface area contributed by atoms with Gasteiger partial charge >= 0.3 is 5.97 Å². The van der Waals surface area contributed by atoms with E-state index in [1.807, 2.05) is 18.2 Å². The molecule has 0 unspecified atom stereocenters. The van der Waals surface area contributed by atoms with Crippen LogP contribution >= 0.6 is 0 Å². The highest BCUT2D eigenvalue weighted by molar-refractivity contribution is 5.99. The molecule has 0 radical (unpaired) electrons. The monoisotopic (exact) mass is 375 g/mol. The number of carbonyl (C=O) groups excluding carboxylic acids is 1. The summed E-state index contributed by atoms with van der Waals surface area (Å²) in [5, 5.41) is 1.27. The molecule has 2 heterocycles. The zero-order chi connectivity index (χ0) is 19.1. The molecule has 1 saturated carbocycles. The van der Waals surface area contributed by atoms with Crippen molar-refractivity contribution >= 4 is 16.9 Å². The van der Waals surface area contributed by atoms with Crippen LogP contribution in [0.1, 0.15) is 53.9 Å². The van der Waals surface area contributed by atoms with E-state index in [9.17, 15) is 4.79 Å². The van der Waals surface area contributed by atoms with Gasteiger partial charge in [0, 0.05) is 16.5 Å². The van der Waals surface area contributed by atoms with Crippen molar-refractivity contribution in [3.8, 4) is 17.0 Å². The Hall–Kier alpha value is -2.75. The second-order valence-electron chi connectivity index (χ2n) is 7.82. The van der Waals surface area contributed by atoms with Gasteiger partial charge in [0.25, 0.3) is 0 Å². The molecule has 28 heavy (non-hydrogen) atoms. The topological polar surface area (TPSA) is 40.5 Å². The fourth-order valence-corrected chi connectivity index (χ4v) is 4.98. The van der Waals surface area contributed by atoms with Gasteiger partial charge in [0.2, 0.25) is 0 Å². The van der Waals surface area contributed by atoms with E-state index in [4.69, 9.17) is 9.47 Å². The maximum Gasteiger partial charge on any atom is 0.337 e. The van der Waals surface area contributed by atoms with Gasteiger partial charge in [-0.3, -0.25) is 0 Å². The van der Waals surface area contributed by atoms with E-state index in [2.05, 4.69) is 28.8 Å². The number of aromatic nitrogens is 1. The lowest BCUT2D eigenvalue weighted by Gasteiger charge is -2.23. The SMILES string of the molecule is COC(=O)c1ccc2c(C3CCCCC3)c3n(c2c1)CCOc1ccccc1-3. The molecule has 2 aromatic carbocycles. The Morgan fingerprint density at radius 1 is 1.11 bits per heavy atom. The molecule has 0 amide bonds. The number of benzene rings is 2. The van der Waals surface area contributed by atoms with Gasteiger partial charge in [-0.25, -0.2) is 4.79 Å². The molecule has 2 aliphatic rings. The third-order valence-corrected chi connectivity index (χ3v) is 6.25. The molecule has 4 nitrogen and oxygen atoms in total. The number of hydrogen-bond donors (Lipinski definition) is 0. The van der Waals surface area contributed by atoms with Gasteiger partial charge in [-0.15, -0.1) is 0 Å². The molecule has 0 atom stereocenters. The number of nitrogens with zero attached hydrogens (tertiary/aromatic N) is 1. The average Bonchev–Trinajstić information content (AvgIpc) is 2.95. The third kappa shape index (κ3) is 2.70. The molecule has 4 heteroatoms. The van der Waals surface area contributed by atoms with Gasteiger partial charge in [-0.1, -0.05) is 37.5 Å². The number of rotatable bonds is 2. The minimum absolute atomic E-state index is 0.290. The van der Waals surface area contributed by atoms with Crippen molar-refractivity contribution in [2.45, 2.75) is 44.6 Å². The maximum absolute atomic E-state index is 12.1. The Balaban J connectivity index is 1.81. The quantitative estimate of drug-likeness (QED) is 0.553. The molecule has 5 rings (SSSR count). The second kappa shape index (κ2) is 7.01. The predicted molar refractivity (Wildman–Crippen MR) is 110 cm³/mol. The first-order chi connectivity index (χ1) is 13.8. The maximum atomic E-state index is 12.1. The smallest absolute Gasteiger partial charge is 0.337 e. The van der Waals surface area contributed by atoms with E-state index in [1.165, 1.54) is 55.9 Å². The van der Waals surface area contributed by atoms with E-state index in [0.717, 1.165) is 23.4 Å². The first kappa shape index (κ1) is 17.4. The van der Waals surface area contributed by atoms with Crippen LogP contribution in [0.5, 0.6) is 5.75 Å². The Morgan fingerprint density at radius 3 is 2.75 bits per heavy atom. The molecule has 0 saturated heterocycles. The summed E-state index contributed by atoms with van der Waals surface area (Å²) < 4.78 is 13.4. The average molecular weight is 375 g/mol. The predicted octanol–water partition coefficient (Wildman–Crippen LogP) is 5.54. The van der Waals surface area contributed by atoms with Gasteiger partial charge in [-0.05, 0) is 48.6 Å². The zero-order valence-corrected chi connectivity index (χ0v) is 16.2. The summed E-state index contributed by atoms with van der Waals surface area (Å²) in [4.78, 5) is 12.1. The van der Waals surface area contributed by atoms with E-state index in [0.29, 0.717) is 18.1 Å². The van der Waals surface area contributed by atoms with Gasteiger partial charge in [0.1, 0.15) is 12.4 Å². The van der Waals surface area contributed by atoms with Crippen molar-refractivity contribution in [3.63, 3.8) is 0 Å². The van der Waals surface area contributed by atoms with Gasteiger partial charge in [0.15, 0.2) is 0 Å². The molecule has 1 aromatic heterocycles. The summed E-state index contributed by atoms with van der Waals surface area (Å²) in [6.07, 6.45) is 6.36. The normalized spacial score (nSPS) is 16.8. The summed E-state index contributed by atoms with van der Waals surface area (Å²) in [5.74, 6) is 1.22. The van der Waals surface area contributed by atoms with Crippen molar-refractivity contribution < 1.29 is 14.3 Å². The summed E-state index contributed by atoms with van der Waals surface area (Å²) in [5.41, 5.74) is 5.58. The molecule has 1 fully saturated rings. The Bertz CT molecular complexity index is 1040. The number of ether oxygens (including phenoxy) is 2. The standard InChI is InChI=1S/C24H25NO3/c1-27-24(26)17-11-12-18-20(15-17)25-13-14-28-21-10-6-5-9-19(21)23(25)22(18)16-7-3-2-4-8-16/h5-6,9-12,15-16H,2-4,7-8,13-14H2,1H3. The van der Waals surface area contributed by atoms with E-state index in [1.54, 1.807) is 0 Å². The largest absolute Gasteiger partial charge is 0.491 e. The number of esters is 1. The summed E-state index contributed by atoms with van der Waals surface area (Å²) in [7, 11) is 1.43. The molecule has 3 aromatic rings. The lowest BCUT2D eigenvalue weighted by molar-refractivity contribution is 0.0601. The lowest BCUT2D eigenvalue weighted by Crippen LogP contribution is -2.07. The van der Waals surface area contributed by atoms with E-state index in [-0.39, 0.29) is 5.97 Å². The molecule has 1 aliphatic carbocycles. The van der Waals surface area contributed by atoms with Crippen LogP contribution in [-0.2, 0) is 11.3 Å². The molecular weight excluding hydrogens is 350 g/mol. The van der Waals surface area contributed by atoms with Crippen LogP contribution in [0.4, 0.5) is 0 Å². The molecule has 144 valence electrons. The number of methoxy groups -OCH3 is 1. The fourth-order valence-electron chi connectivity index (χ4n) is 4.98. The van der Waals surface area contributed by atoms with Gasteiger partial charge < -0.3 is 14.0 Å². The van der Waals surface area contributed by atoms with Crippen molar-refractivity contribution in [2.24, 2.45) is 0 Å². The lowest BCUT2D eigenvalue weighted by atomic mass is 9.81. The number of carbonyl (C=O) groups is 1. The van der Waals surface area contributed by atoms with Crippen molar-refractivity contribution in [2.75, 3.05) is 13.7 Å². The van der Waals surface area contributed by atoms with Gasteiger partial charge in [0.05, 0.1) is 24.9 Å². The molecule has 0 N–H and O–H groups in total. The van der Waals surface area contributed by atoms with Crippen LogP contribution in [0.2, 0.25) is 0 Å². The highest BCUT2D eigenvalue weighted by Crippen LogP contribution is 2.47. The summed E-state index contributed by atoms with van der Waals surface area (Å²) in [6.45, 7) is 1.40. The van der Waals surface area contributed by atoms with Crippen LogP contribution < -0.4 is 4.74 Å². The first-order valence-corrected chi connectivity index (χ1v) is 10.2. The highest BCUT2D eigenvalue weighted by Gasteiger charge is 2.29. The summed E-state index contributed by atoms with van der Waals surface area (Å²) >= 11 is 0. The molecule has 1 aliphatic heterocycles. The minimum Gasteiger partial charge on any atom is -0.491 e. The summed E-state index contributed by atoms with van der Waals surface area (Å²) in [6, 6.07) is 14.4. The van der Waals surface area contributed by atoms with Crippen LogP contribution in [0.25, 0.3) is 22.2 Å². The molecular formula is C24H25NO3. The number of fused-ring (bicyclic) bond motifs is 5. The fraction of sp³-hybridized carbons (Fsp3) is 0.375. The first-order valence-electron chi connectivity index (χ1n) is 10.2. The van der Waals surface area contributed by atoms with Crippen LogP contribution in [-0.4, -0.2) is 24.3 Å². The van der Waals surface area contributed by atoms with Crippen LogP contribution in [0, 0.1) is 0 Å². The Morgan fingerprint density at radius 2 is 1.93 bits per heavy atom. The Kier molecular flexibility index (Phi) is 4.34. The third-order valence-electron chi connectivity index (χ3n) is 6.25. The van der Waals surface area contributed by atoms with Crippen molar-refractivity contribution in [1.82, 2.24) is 4.57 Å². The number of hydrogen-bond acceptors (Lipinski definition) is 3. The van der Waals surface area contributed by atoms with E-state index < -0.39 is 0 Å². The highest BCUT2D eigenvalue weighted by atomic mass is 16.5. The molecule has 0 spiro atoms. The minimum atomic E-state index is -0.290. The van der Waals surface area contributed by atoms with Crippen LogP contribution in [0.3, 0.4) is 0 Å².